The summed E-state index contributed by atoms with van der Waals surface area (Å²) in [4.78, 5) is 26.9. The van der Waals surface area contributed by atoms with E-state index < -0.39 is 12.1 Å². The number of fused-ring (bicyclic) bond motifs is 1. The monoisotopic (exact) mass is 426 g/mol. The van der Waals surface area contributed by atoms with Crippen molar-refractivity contribution in [3.8, 4) is 11.5 Å². The first-order valence-corrected chi connectivity index (χ1v) is 9.75. The van der Waals surface area contributed by atoms with Crippen LogP contribution in [0.2, 0.25) is 0 Å². The molecule has 0 bridgehead atoms. The first kappa shape index (κ1) is 21.5. The zero-order chi connectivity index (χ0) is 19.5. The van der Waals surface area contributed by atoms with Gasteiger partial charge in [-0.2, -0.15) is 0 Å². The van der Waals surface area contributed by atoms with Crippen molar-refractivity contribution < 1.29 is 24.2 Å². The highest BCUT2D eigenvalue weighted by molar-refractivity contribution is 5.94. The van der Waals surface area contributed by atoms with E-state index in [4.69, 9.17) is 9.47 Å². The Labute approximate surface area is 175 Å². The number of benzene rings is 1. The molecule has 10 heteroatoms. The summed E-state index contributed by atoms with van der Waals surface area (Å²) in [5.74, 6) is 1.09. The molecule has 0 saturated carbocycles. The summed E-state index contributed by atoms with van der Waals surface area (Å²) in [6.45, 7) is 3.15. The third-order valence-corrected chi connectivity index (χ3v) is 5.45. The summed E-state index contributed by atoms with van der Waals surface area (Å²) in [5, 5.41) is 18.7. The fourth-order valence-corrected chi connectivity index (χ4v) is 3.88. The van der Waals surface area contributed by atoms with Crippen molar-refractivity contribution in [3.05, 3.63) is 18.2 Å². The van der Waals surface area contributed by atoms with Gasteiger partial charge >= 0.3 is 6.03 Å². The molecule has 2 fully saturated rings. The van der Waals surface area contributed by atoms with E-state index in [0.29, 0.717) is 63.0 Å². The summed E-state index contributed by atoms with van der Waals surface area (Å²) in [6.07, 6.45) is 0.963. The van der Waals surface area contributed by atoms with Crippen molar-refractivity contribution in [2.45, 2.75) is 25.0 Å². The summed E-state index contributed by atoms with van der Waals surface area (Å²) < 4.78 is 11.0. The van der Waals surface area contributed by atoms with Crippen molar-refractivity contribution in [3.63, 3.8) is 0 Å². The smallest absolute Gasteiger partial charge is 0.322 e. The highest BCUT2D eigenvalue weighted by atomic mass is 35.5. The van der Waals surface area contributed by atoms with Gasteiger partial charge in [-0.05, 0) is 25.0 Å². The molecule has 0 radical (unpaired) electrons. The van der Waals surface area contributed by atoms with Crippen molar-refractivity contribution in [1.29, 1.82) is 0 Å². The molecule has 3 aliphatic heterocycles. The molecule has 29 heavy (non-hydrogen) atoms. The molecule has 3 atom stereocenters. The molecule has 3 aliphatic rings. The molecule has 0 spiro atoms. The van der Waals surface area contributed by atoms with Crippen LogP contribution < -0.4 is 25.4 Å². The van der Waals surface area contributed by atoms with Crippen LogP contribution in [0, 0.1) is 5.92 Å². The molecule has 0 aromatic heterocycles. The number of nitrogens with one attached hydrogen (secondary N) is 3. The predicted molar refractivity (Wildman–Crippen MR) is 109 cm³/mol. The number of aliphatic hydroxyl groups excluding tert-OH is 1. The van der Waals surface area contributed by atoms with Gasteiger partial charge in [-0.25, -0.2) is 4.79 Å². The lowest BCUT2D eigenvalue weighted by Gasteiger charge is -2.25. The Kier molecular flexibility index (Phi) is 7.05. The van der Waals surface area contributed by atoms with Gasteiger partial charge in [0.05, 0.1) is 6.10 Å². The maximum absolute atomic E-state index is 12.7. The topological polar surface area (TPSA) is 112 Å². The van der Waals surface area contributed by atoms with E-state index in [9.17, 15) is 14.7 Å². The third-order valence-electron chi connectivity index (χ3n) is 5.45. The van der Waals surface area contributed by atoms with Crippen LogP contribution in [0.4, 0.5) is 10.5 Å². The number of ether oxygens (including phenoxy) is 2. The van der Waals surface area contributed by atoms with E-state index in [-0.39, 0.29) is 30.3 Å². The maximum Gasteiger partial charge on any atom is 0.322 e. The van der Waals surface area contributed by atoms with Gasteiger partial charge in [0.15, 0.2) is 11.5 Å². The average molecular weight is 427 g/mol. The van der Waals surface area contributed by atoms with Crippen LogP contribution in [0.3, 0.4) is 0 Å². The van der Waals surface area contributed by atoms with Crippen LogP contribution >= 0.6 is 12.4 Å². The minimum absolute atomic E-state index is 0. The molecule has 1 aromatic carbocycles. The average Bonchev–Trinajstić information content (AvgIpc) is 3.35. The molecule has 3 heterocycles. The lowest BCUT2D eigenvalue weighted by molar-refractivity contribution is -0.124. The second kappa shape index (κ2) is 9.51. The second-order valence-electron chi connectivity index (χ2n) is 7.37. The maximum atomic E-state index is 12.7. The Hall–Kier alpha value is -2.23. The summed E-state index contributed by atoms with van der Waals surface area (Å²) in [7, 11) is 0. The van der Waals surface area contributed by atoms with Gasteiger partial charge in [-0.1, -0.05) is 0 Å². The Morgan fingerprint density at radius 2 is 2.00 bits per heavy atom. The zero-order valence-electron chi connectivity index (χ0n) is 16.1. The van der Waals surface area contributed by atoms with E-state index in [2.05, 4.69) is 16.0 Å². The fraction of sp³-hybridized carbons (Fsp3) is 0.579. The van der Waals surface area contributed by atoms with Gasteiger partial charge in [-0.3, -0.25) is 4.79 Å². The van der Waals surface area contributed by atoms with Crippen LogP contribution in [0.15, 0.2) is 18.2 Å². The van der Waals surface area contributed by atoms with E-state index in [0.717, 1.165) is 6.42 Å². The van der Waals surface area contributed by atoms with E-state index in [1.165, 1.54) is 0 Å². The Morgan fingerprint density at radius 3 is 2.76 bits per heavy atom. The number of rotatable bonds is 4. The van der Waals surface area contributed by atoms with Gasteiger partial charge in [0.25, 0.3) is 0 Å². The number of urea groups is 1. The van der Waals surface area contributed by atoms with Crippen molar-refractivity contribution >= 4 is 30.0 Å². The quantitative estimate of drug-likeness (QED) is 0.560. The number of hydrogen-bond acceptors (Lipinski definition) is 6. The minimum atomic E-state index is -0.497. The van der Waals surface area contributed by atoms with Gasteiger partial charge in [0.2, 0.25) is 5.91 Å². The Balaban J connectivity index is 0.00000240. The number of halogens is 1. The Bertz CT molecular complexity index is 749. The number of anilines is 1. The standard InChI is InChI=1S/C19H26N4O5.ClH/c24-15-11-20-9-12(15)10-21-18(25)14-2-1-5-23(14)19(26)22-13-3-4-16-17(8-13)28-7-6-27-16;/h3-4,8,12,14-15,20,24H,1-2,5-7,9-11H2,(H,21,25)(H,22,26);1H/t12?,14-,15?;/m0./s1. The van der Waals surface area contributed by atoms with Gasteiger partial charge in [0, 0.05) is 43.9 Å². The van der Waals surface area contributed by atoms with Gasteiger partial charge < -0.3 is 35.4 Å². The van der Waals surface area contributed by atoms with E-state index >= 15 is 0 Å². The van der Waals surface area contributed by atoms with Crippen LogP contribution in [0.5, 0.6) is 11.5 Å². The number of amides is 3. The fourth-order valence-electron chi connectivity index (χ4n) is 3.88. The normalized spacial score (nSPS) is 25.3. The number of likely N-dealkylation sites (tertiary alicyclic amines) is 1. The van der Waals surface area contributed by atoms with Crippen molar-refractivity contribution in [1.82, 2.24) is 15.5 Å². The van der Waals surface area contributed by atoms with E-state index in [1.807, 2.05) is 0 Å². The molecule has 4 rings (SSSR count). The number of carbonyl (C=O) groups is 2. The molecule has 2 saturated heterocycles. The van der Waals surface area contributed by atoms with Crippen LogP contribution in [0.25, 0.3) is 0 Å². The highest BCUT2D eigenvalue weighted by Crippen LogP contribution is 2.33. The number of hydrogen-bond donors (Lipinski definition) is 4. The summed E-state index contributed by atoms with van der Waals surface area (Å²) in [6, 6.07) is 4.44. The largest absolute Gasteiger partial charge is 0.486 e. The molecule has 160 valence electrons. The number of nitrogens with zero attached hydrogens (tertiary/aromatic N) is 1. The molecule has 3 amide bonds. The van der Waals surface area contributed by atoms with Gasteiger partial charge in [-0.15, -0.1) is 12.4 Å². The molecule has 0 aliphatic carbocycles. The highest BCUT2D eigenvalue weighted by Gasteiger charge is 2.35. The third kappa shape index (κ3) is 4.85. The minimum Gasteiger partial charge on any atom is -0.486 e. The first-order chi connectivity index (χ1) is 13.6. The summed E-state index contributed by atoms with van der Waals surface area (Å²) in [5.41, 5.74) is 0.598. The number of aliphatic hydroxyl groups is 1. The van der Waals surface area contributed by atoms with Crippen LogP contribution in [-0.4, -0.2) is 73.5 Å². The number of carbonyl (C=O) groups excluding carboxylic acids is 2. The SMILES string of the molecule is Cl.O=C(NCC1CNCC1O)[C@@H]1CCCN1C(=O)Nc1ccc2c(c1)OCCO2. The first-order valence-electron chi connectivity index (χ1n) is 9.75. The molecule has 2 unspecified atom stereocenters. The number of β-amino-alcohol motifs (C(OH)–C–C–N with tert-alkyl or cyclic N) is 1. The summed E-state index contributed by atoms with van der Waals surface area (Å²) >= 11 is 0. The second-order valence-corrected chi connectivity index (χ2v) is 7.37. The van der Waals surface area contributed by atoms with Crippen LogP contribution in [0.1, 0.15) is 12.8 Å². The lowest BCUT2D eigenvalue weighted by atomic mass is 10.1. The molecule has 4 N–H and O–H groups in total. The molecular weight excluding hydrogens is 400 g/mol. The molecule has 1 aromatic rings. The predicted octanol–water partition coefficient (Wildman–Crippen LogP) is 0.572. The lowest BCUT2D eigenvalue weighted by Crippen LogP contribution is -2.48. The molecular formula is C19H27ClN4O5. The van der Waals surface area contributed by atoms with Crippen LogP contribution in [-0.2, 0) is 4.79 Å². The van der Waals surface area contributed by atoms with Crippen molar-refractivity contribution in [2.75, 3.05) is 44.7 Å². The molecule has 9 nitrogen and oxygen atoms in total. The van der Waals surface area contributed by atoms with Crippen molar-refractivity contribution in [2.24, 2.45) is 5.92 Å². The zero-order valence-corrected chi connectivity index (χ0v) is 16.9. The Morgan fingerprint density at radius 1 is 1.21 bits per heavy atom. The van der Waals surface area contributed by atoms with Gasteiger partial charge in [0.1, 0.15) is 19.3 Å². The van der Waals surface area contributed by atoms with E-state index in [1.54, 1.807) is 23.1 Å².